The number of benzene rings is 2. The van der Waals surface area contributed by atoms with Gasteiger partial charge in [-0.05, 0) is 109 Å². The summed E-state index contributed by atoms with van der Waals surface area (Å²) in [4.78, 5) is 35.2. The van der Waals surface area contributed by atoms with Crippen molar-refractivity contribution in [3.8, 4) is 0 Å². The summed E-state index contributed by atoms with van der Waals surface area (Å²) in [5.74, 6) is 0. The van der Waals surface area contributed by atoms with Crippen LogP contribution in [0.15, 0.2) is 48.5 Å². The molecule has 2 unspecified atom stereocenters. The highest BCUT2D eigenvalue weighted by atomic mass is 16.2. The van der Waals surface area contributed by atoms with Crippen LogP contribution in [0.1, 0.15) is 60.3 Å². The lowest BCUT2D eigenvalue weighted by Crippen LogP contribution is -2.60. The molecular weight excluding hydrogens is 488 g/mol. The first-order valence-electron chi connectivity index (χ1n) is 14.1. The Morgan fingerprint density at radius 2 is 1.23 bits per heavy atom. The van der Waals surface area contributed by atoms with Gasteiger partial charge in [0.25, 0.3) is 0 Å². The topological polar surface area (TPSA) is 71.2 Å². The first-order valence-corrected chi connectivity index (χ1v) is 14.1. The van der Waals surface area contributed by atoms with E-state index in [2.05, 4.69) is 45.3 Å². The molecule has 2 aromatic carbocycles. The molecule has 1 saturated carbocycles. The molecule has 4 amide bonds. The first kappa shape index (κ1) is 30.1. The minimum atomic E-state index is -0.383. The van der Waals surface area contributed by atoms with Crippen molar-refractivity contribution >= 4 is 34.8 Å². The van der Waals surface area contributed by atoms with Gasteiger partial charge in [-0.2, -0.15) is 0 Å². The maximum atomic E-state index is 13.6. The largest absolute Gasteiger partial charge is 0.378 e. The number of rotatable bonds is 8. The second kappa shape index (κ2) is 12.6. The van der Waals surface area contributed by atoms with E-state index in [4.69, 9.17) is 0 Å². The van der Waals surface area contributed by atoms with Crippen molar-refractivity contribution < 1.29 is 9.59 Å². The smallest absolute Gasteiger partial charge is 0.322 e. The van der Waals surface area contributed by atoms with E-state index in [1.54, 1.807) is 0 Å². The monoisotopic (exact) mass is 536 g/mol. The van der Waals surface area contributed by atoms with E-state index in [1.165, 1.54) is 0 Å². The molecule has 0 spiro atoms. The zero-order valence-corrected chi connectivity index (χ0v) is 25.3. The Hall–Kier alpha value is -3.42. The van der Waals surface area contributed by atoms with Crippen LogP contribution in [0.5, 0.6) is 0 Å². The molecule has 0 aromatic heterocycles. The molecule has 2 atom stereocenters. The lowest BCUT2D eigenvalue weighted by atomic mass is 9.77. The lowest BCUT2D eigenvalue weighted by molar-refractivity contribution is 0.0369. The Bertz CT molecular complexity index is 1100. The number of carbonyl (C=O) groups excluding carboxylic acids is 2. The van der Waals surface area contributed by atoms with E-state index in [1.807, 2.05) is 96.3 Å². The zero-order chi connectivity index (χ0) is 28.9. The maximum absolute atomic E-state index is 13.6. The highest BCUT2D eigenvalue weighted by Gasteiger charge is 2.44. The molecule has 3 rings (SSSR count). The molecule has 0 bridgehead atoms. The molecule has 8 nitrogen and oxygen atoms in total. The van der Waals surface area contributed by atoms with Gasteiger partial charge in [0.1, 0.15) is 0 Å². The number of nitrogens with zero attached hydrogens (tertiary/aromatic N) is 4. The summed E-state index contributed by atoms with van der Waals surface area (Å²) in [6, 6.07) is 15.6. The highest BCUT2D eigenvalue weighted by Crippen LogP contribution is 2.38. The molecule has 0 radical (unpaired) electrons. The first-order chi connectivity index (χ1) is 18.3. The predicted octanol–water partition coefficient (Wildman–Crippen LogP) is 6.70. The number of anilines is 4. The number of amides is 4. The number of hydrogen-bond donors (Lipinski definition) is 2. The second-order valence-corrected chi connectivity index (χ2v) is 12.0. The number of hydrogen-bond acceptors (Lipinski definition) is 4. The van der Waals surface area contributed by atoms with Crippen molar-refractivity contribution in [2.24, 2.45) is 0 Å². The zero-order valence-electron chi connectivity index (χ0n) is 25.3. The average Bonchev–Trinajstić information content (AvgIpc) is 2.84. The quantitative estimate of drug-likeness (QED) is 0.394. The molecule has 0 saturated heterocycles. The molecule has 8 heteroatoms. The van der Waals surface area contributed by atoms with Crippen molar-refractivity contribution in [3.05, 3.63) is 48.5 Å². The Kier molecular flexibility index (Phi) is 9.75. The van der Waals surface area contributed by atoms with Gasteiger partial charge in [-0.25, -0.2) is 9.59 Å². The molecule has 39 heavy (non-hydrogen) atoms. The van der Waals surface area contributed by atoms with Crippen LogP contribution in [0.3, 0.4) is 0 Å². The number of urea groups is 2. The van der Waals surface area contributed by atoms with Gasteiger partial charge in [0.2, 0.25) is 0 Å². The van der Waals surface area contributed by atoms with Gasteiger partial charge in [-0.3, -0.25) is 0 Å². The van der Waals surface area contributed by atoms with Crippen LogP contribution in [-0.2, 0) is 0 Å². The summed E-state index contributed by atoms with van der Waals surface area (Å²) in [6.07, 6.45) is 3.49. The van der Waals surface area contributed by atoms with E-state index in [-0.39, 0.29) is 35.7 Å². The summed E-state index contributed by atoms with van der Waals surface area (Å²) in [5.41, 5.74) is 3.33. The number of carbonyl (C=O) groups is 2. The molecule has 1 fully saturated rings. The van der Waals surface area contributed by atoms with Crippen molar-refractivity contribution in [1.29, 1.82) is 0 Å². The van der Waals surface area contributed by atoms with Gasteiger partial charge in [0.05, 0.1) is 0 Å². The van der Waals surface area contributed by atoms with Crippen molar-refractivity contribution in [2.45, 2.75) is 84.0 Å². The predicted molar refractivity (Wildman–Crippen MR) is 164 cm³/mol. The second-order valence-electron chi connectivity index (χ2n) is 12.0. The Morgan fingerprint density at radius 1 is 0.769 bits per heavy atom. The minimum Gasteiger partial charge on any atom is -0.378 e. The van der Waals surface area contributed by atoms with Crippen LogP contribution in [0, 0.1) is 0 Å². The maximum Gasteiger partial charge on any atom is 0.322 e. The molecule has 0 heterocycles. The lowest BCUT2D eigenvalue weighted by Gasteiger charge is -2.50. The third kappa shape index (κ3) is 7.37. The van der Waals surface area contributed by atoms with Gasteiger partial charge in [-0.15, -0.1) is 0 Å². The summed E-state index contributed by atoms with van der Waals surface area (Å²) in [6.45, 7) is 10.4. The fourth-order valence-electron chi connectivity index (χ4n) is 5.87. The third-order valence-corrected chi connectivity index (χ3v) is 7.70. The van der Waals surface area contributed by atoms with Crippen LogP contribution < -0.4 is 20.4 Å². The Labute approximate surface area is 235 Å². The van der Waals surface area contributed by atoms with Crippen molar-refractivity contribution in [1.82, 2.24) is 9.80 Å². The van der Waals surface area contributed by atoms with E-state index in [9.17, 15) is 9.59 Å². The molecule has 2 N–H and O–H groups in total. The van der Waals surface area contributed by atoms with Crippen LogP contribution in [0.2, 0.25) is 0 Å². The SMILES string of the molecule is CC(C)N(C(=O)Nc1ccc(N(C)C)cc1)C1CCCC(C)(N(C(=O)Nc2ccc(N(C)C)cc2)C(C)C)C1. The van der Waals surface area contributed by atoms with Gasteiger partial charge in [0.15, 0.2) is 0 Å². The van der Waals surface area contributed by atoms with Crippen LogP contribution in [-0.4, -0.2) is 73.7 Å². The van der Waals surface area contributed by atoms with Crippen molar-refractivity contribution in [3.63, 3.8) is 0 Å². The highest BCUT2D eigenvalue weighted by molar-refractivity contribution is 5.91. The average molecular weight is 537 g/mol. The van der Waals surface area contributed by atoms with Gasteiger partial charge >= 0.3 is 12.1 Å². The van der Waals surface area contributed by atoms with E-state index >= 15 is 0 Å². The van der Waals surface area contributed by atoms with Crippen LogP contribution in [0.25, 0.3) is 0 Å². The minimum absolute atomic E-state index is 0.00587. The molecule has 0 aliphatic heterocycles. The summed E-state index contributed by atoms with van der Waals surface area (Å²) >= 11 is 0. The summed E-state index contributed by atoms with van der Waals surface area (Å²) in [7, 11) is 7.98. The van der Waals surface area contributed by atoms with E-state index in [0.717, 1.165) is 48.4 Å². The summed E-state index contributed by atoms with van der Waals surface area (Å²) < 4.78 is 0. The Balaban J connectivity index is 1.77. The summed E-state index contributed by atoms with van der Waals surface area (Å²) in [5, 5.41) is 6.22. The normalized spacial score (nSPS) is 19.0. The molecule has 2 aromatic rings. The van der Waals surface area contributed by atoms with E-state index < -0.39 is 0 Å². The Morgan fingerprint density at radius 3 is 1.64 bits per heavy atom. The third-order valence-electron chi connectivity index (χ3n) is 7.70. The van der Waals surface area contributed by atoms with E-state index in [0.29, 0.717) is 0 Å². The fourth-order valence-corrected chi connectivity index (χ4v) is 5.87. The van der Waals surface area contributed by atoms with Crippen LogP contribution in [0.4, 0.5) is 32.3 Å². The fraction of sp³-hybridized carbons (Fsp3) is 0.548. The van der Waals surface area contributed by atoms with Crippen LogP contribution >= 0.6 is 0 Å². The standard InChI is InChI=1S/C31H48N6O2/c1-22(2)36(29(38)32-24-12-16-26(17-13-24)34(6)7)28-11-10-20-31(5,21-28)37(23(3)4)30(39)33-25-14-18-27(19-15-25)35(8)9/h12-19,22-23,28H,10-11,20-21H2,1-9H3,(H,32,38)(H,33,39). The van der Waals surface area contributed by atoms with Gasteiger partial charge < -0.3 is 30.2 Å². The molecule has 214 valence electrons. The van der Waals surface area contributed by atoms with Gasteiger partial charge in [0, 0.05) is 74.6 Å². The number of nitrogens with one attached hydrogen (secondary N) is 2. The van der Waals surface area contributed by atoms with Gasteiger partial charge in [-0.1, -0.05) is 0 Å². The molecule has 1 aliphatic rings. The molecule has 1 aliphatic carbocycles. The van der Waals surface area contributed by atoms with Crippen molar-refractivity contribution in [2.75, 3.05) is 48.6 Å². The molecular formula is C31H48N6O2.